The Hall–Kier alpha value is -1.69. The van der Waals surface area contributed by atoms with Gasteiger partial charge >= 0.3 is 5.97 Å². The molecule has 0 radical (unpaired) electrons. The van der Waals surface area contributed by atoms with E-state index in [1.54, 1.807) is 4.90 Å². The molecule has 0 aromatic heterocycles. The molecular formula is C17H23NO4S. The number of ether oxygens (including phenoxy) is 2. The van der Waals surface area contributed by atoms with Crippen LogP contribution in [0.1, 0.15) is 37.6 Å². The lowest BCUT2D eigenvalue weighted by atomic mass is 10.2. The fourth-order valence-electron chi connectivity index (χ4n) is 2.37. The van der Waals surface area contributed by atoms with Crippen LogP contribution >= 0.6 is 11.8 Å². The van der Waals surface area contributed by atoms with E-state index in [1.807, 2.05) is 38.1 Å². The Kier molecular flexibility index (Phi) is 6.77. The topological polar surface area (TPSA) is 55.8 Å². The van der Waals surface area contributed by atoms with Gasteiger partial charge in [-0.1, -0.05) is 31.5 Å². The highest BCUT2D eigenvalue weighted by molar-refractivity contribution is 8.00. The number of thioether (sulfide) groups is 1. The van der Waals surface area contributed by atoms with E-state index in [0.29, 0.717) is 19.0 Å². The number of esters is 1. The highest BCUT2D eigenvalue weighted by Crippen LogP contribution is 2.42. The highest BCUT2D eigenvalue weighted by Gasteiger charge is 2.35. The first-order chi connectivity index (χ1) is 11.2. The summed E-state index contributed by atoms with van der Waals surface area (Å²) >= 11 is 1.51. The maximum atomic E-state index is 12.1. The normalized spacial score (nSPS) is 17.4. The predicted molar refractivity (Wildman–Crippen MR) is 90.4 cm³/mol. The first-order valence-electron chi connectivity index (χ1n) is 7.95. The molecule has 126 valence electrons. The Labute approximate surface area is 141 Å². The number of amides is 1. The van der Waals surface area contributed by atoms with Crippen LogP contribution in [-0.4, -0.2) is 42.3 Å². The predicted octanol–water partition coefficient (Wildman–Crippen LogP) is 3.00. The van der Waals surface area contributed by atoms with Gasteiger partial charge in [-0.2, -0.15) is 0 Å². The van der Waals surface area contributed by atoms with Gasteiger partial charge in [-0.3, -0.25) is 9.59 Å². The van der Waals surface area contributed by atoms with Crippen LogP contribution in [0.15, 0.2) is 24.3 Å². The van der Waals surface area contributed by atoms with Crippen LogP contribution in [0.25, 0.3) is 0 Å². The van der Waals surface area contributed by atoms with E-state index in [-0.39, 0.29) is 23.8 Å². The van der Waals surface area contributed by atoms with Crippen LogP contribution < -0.4 is 4.74 Å². The molecule has 0 saturated carbocycles. The third-order valence-electron chi connectivity index (χ3n) is 3.51. The summed E-state index contributed by atoms with van der Waals surface area (Å²) < 4.78 is 10.8. The van der Waals surface area contributed by atoms with Gasteiger partial charge in [-0.25, -0.2) is 0 Å². The summed E-state index contributed by atoms with van der Waals surface area (Å²) in [5, 5.41) is -0.205. The number of para-hydroxylation sites is 1. The fourth-order valence-corrected chi connectivity index (χ4v) is 3.58. The molecular weight excluding hydrogens is 314 g/mol. The van der Waals surface area contributed by atoms with Crippen molar-refractivity contribution < 1.29 is 19.1 Å². The largest absolute Gasteiger partial charge is 0.493 e. The molecule has 1 aromatic carbocycles. The molecule has 2 rings (SSSR count). The highest BCUT2D eigenvalue weighted by atomic mass is 32.2. The van der Waals surface area contributed by atoms with E-state index in [2.05, 4.69) is 0 Å². The summed E-state index contributed by atoms with van der Waals surface area (Å²) in [4.78, 5) is 25.7. The van der Waals surface area contributed by atoms with Crippen molar-refractivity contribution in [3.05, 3.63) is 29.8 Å². The van der Waals surface area contributed by atoms with Gasteiger partial charge in [0.1, 0.15) is 17.7 Å². The molecule has 5 nitrogen and oxygen atoms in total. The van der Waals surface area contributed by atoms with Crippen molar-refractivity contribution in [1.82, 2.24) is 4.90 Å². The van der Waals surface area contributed by atoms with E-state index < -0.39 is 0 Å². The van der Waals surface area contributed by atoms with Gasteiger partial charge < -0.3 is 14.4 Å². The molecule has 1 unspecified atom stereocenters. The number of unbranched alkanes of at least 4 members (excludes halogenated alkanes) is 1. The minimum Gasteiger partial charge on any atom is -0.493 e. The van der Waals surface area contributed by atoms with Gasteiger partial charge in [0.15, 0.2) is 0 Å². The molecule has 1 atom stereocenters. The summed E-state index contributed by atoms with van der Waals surface area (Å²) in [6.45, 7) is 4.91. The van der Waals surface area contributed by atoms with E-state index in [9.17, 15) is 9.59 Å². The van der Waals surface area contributed by atoms with E-state index >= 15 is 0 Å². The molecule has 0 spiro atoms. The monoisotopic (exact) mass is 337 g/mol. The number of carbonyl (C=O) groups is 2. The molecule has 1 aromatic rings. The van der Waals surface area contributed by atoms with Gasteiger partial charge in [-0.05, 0) is 19.4 Å². The summed E-state index contributed by atoms with van der Waals surface area (Å²) in [7, 11) is 0. The third-order valence-corrected chi connectivity index (χ3v) is 4.75. The second-order valence-electron chi connectivity index (χ2n) is 5.23. The van der Waals surface area contributed by atoms with Crippen molar-refractivity contribution in [2.24, 2.45) is 0 Å². The molecule has 1 aliphatic rings. The number of hydrogen-bond acceptors (Lipinski definition) is 5. The Bertz CT molecular complexity index is 549. The minimum atomic E-state index is -0.354. The lowest BCUT2D eigenvalue weighted by molar-refractivity contribution is -0.148. The summed E-state index contributed by atoms with van der Waals surface area (Å²) in [5.41, 5.74) is 0.923. The van der Waals surface area contributed by atoms with Crippen LogP contribution in [-0.2, 0) is 14.3 Å². The summed E-state index contributed by atoms with van der Waals surface area (Å²) in [6, 6.07) is 7.65. The first-order valence-corrected chi connectivity index (χ1v) is 9.00. The van der Waals surface area contributed by atoms with Gasteiger partial charge in [0.25, 0.3) is 0 Å². The molecule has 1 heterocycles. The molecule has 0 aliphatic carbocycles. The Morgan fingerprint density at radius 3 is 2.87 bits per heavy atom. The van der Waals surface area contributed by atoms with E-state index in [1.165, 1.54) is 11.8 Å². The van der Waals surface area contributed by atoms with Crippen molar-refractivity contribution in [3.8, 4) is 5.75 Å². The number of benzene rings is 1. The molecule has 23 heavy (non-hydrogen) atoms. The van der Waals surface area contributed by atoms with Crippen molar-refractivity contribution in [2.75, 3.05) is 25.5 Å². The quantitative estimate of drug-likeness (QED) is 0.539. The Morgan fingerprint density at radius 1 is 1.35 bits per heavy atom. The standard InChI is InChI=1S/C17H23NO4S/c1-3-5-10-22-16(20)11-18-15(19)12-23-17(18)13-8-6-7-9-14(13)21-4-2/h6-9,17H,3-5,10-12H2,1-2H3. The minimum absolute atomic E-state index is 0.0132. The molecule has 1 saturated heterocycles. The molecule has 0 bridgehead atoms. The zero-order valence-corrected chi connectivity index (χ0v) is 14.4. The molecule has 1 amide bonds. The maximum absolute atomic E-state index is 12.1. The average Bonchev–Trinajstić information content (AvgIpc) is 2.89. The van der Waals surface area contributed by atoms with Crippen molar-refractivity contribution >= 4 is 23.6 Å². The molecule has 1 fully saturated rings. The SMILES string of the molecule is CCCCOC(=O)CN1C(=O)CSC1c1ccccc1OCC. The van der Waals surface area contributed by atoms with Crippen LogP contribution in [0.4, 0.5) is 0 Å². The van der Waals surface area contributed by atoms with Crippen molar-refractivity contribution in [1.29, 1.82) is 0 Å². The van der Waals surface area contributed by atoms with Gasteiger partial charge in [-0.15, -0.1) is 11.8 Å². The number of rotatable bonds is 8. The average molecular weight is 337 g/mol. The Morgan fingerprint density at radius 2 is 2.13 bits per heavy atom. The van der Waals surface area contributed by atoms with Gasteiger partial charge in [0, 0.05) is 5.56 Å². The van der Waals surface area contributed by atoms with Crippen LogP contribution in [0.5, 0.6) is 5.75 Å². The molecule has 0 N–H and O–H groups in total. The van der Waals surface area contributed by atoms with Crippen molar-refractivity contribution in [2.45, 2.75) is 32.1 Å². The van der Waals surface area contributed by atoms with E-state index in [4.69, 9.17) is 9.47 Å². The van der Waals surface area contributed by atoms with Gasteiger partial charge in [0.2, 0.25) is 5.91 Å². The summed E-state index contributed by atoms with van der Waals surface area (Å²) in [5.74, 6) is 0.728. The first kappa shape index (κ1) is 17.7. The number of nitrogens with zero attached hydrogens (tertiary/aromatic N) is 1. The molecule has 6 heteroatoms. The number of carbonyl (C=O) groups excluding carboxylic acids is 2. The van der Waals surface area contributed by atoms with Crippen LogP contribution in [0.3, 0.4) is 0 Å². The van der Waals surface area contributed by atoms with Gasteiger partial charge in [0.05, 0.1) is 19.0 Å². The molecule has 1 aliphatic heterocycles. The second kappa shape index (κ2) is 8.82. The fraction of sp³-hybridized carbons (Fsp3) is 0.529. The smallest absolute Gasteiger partial charge is 0.325 e. The third kappa shape index (κ3) is 4.64. The van der Waals surface area contributed by atoms with Crippen LogP contribution in [0.2, 0.25) is 0 Å². The Balaban J connectivity index is 2.09. The summed E-state index contributed by atoms with van der Waals surface area (Å²) in [6.07, 6.45) is 1.81. The lowest BCUT2D eigenvalue weighted by Crippen LogP contribution is -2.34. The zero-order chi connectivity index (χ0) is 16.7. The lowest BCUT2D eigenvalue weighted by Gasteiger charge is -2.24. The van der Waals surface area contributed by atoms with Crippen LogP contribution in [0, 0.1) is 0 Å². The van der Waals surface area contributed by atoms with E-state index in [0.717, 1.165) is 24.2 Å². The number of hydrogen-bond donors (Lipinski definition) is 0. The van der Waals surface area contributed by atoms with Crippen molar-refractivity contribution in [3.63, 3.8) is 0 Å². The second-order valence-corrected chi connectivity index (χ2v) is 6.30. The maximum Gasteiger partial charge on any atom is 0.325 e. The zero-order valence-electron chi connectivity index (χ0n) is 13.6.